The van der Waals surface area contributed by atoms with Crippen LogP contribution in [0.1, 0.15) is 22.3 Å². The van der Waals surface area contributed by atoms with Crippen LogP contribution in [0.15, 0.2) is 16.9 Å². The number of benzene rings is 1. The molecule has 1 aromatic heterocycles. The summed E-state index contributed by atoms with van der Waals surface area (Å²) >= 11 is 0. The van der Waals surface area contributed by atoms with Crippen LogP contribution in [0.4, 0.5) is 5.82 Å². The van der Waals surface area contributed by atoms with E-state index in [2.05, 4.69) is 29.9 Å². The Morgan fingerprint density at radius 2 is 1.61 bits per heavy atom. The molecule has 0 atom stereocenters. The topological polar surface area (TPSA) is 71.8 Å². The fraction of sp³-hybridized carbons (Fsp3) is 0.286. The molecular formula is C14H17N3O. The molecule has 0 amide bonds. The number of H-pyrrole nitrogens is 1. The van der Waals surface area contributed by atoms with Gasteiger partial charge in [-0.2, -0.15) is 4.98 Å². The molecule has 0 saturated carbocycles. The van der Waals surface area contributed by atoms with E-state index in [0.717, 1.165) is 22.4 Å². The largest absolute Gasteiger partial charge is 0.383 e. The molecule has 4 heteroatoms. The lowest BCUT2D eigenvalue weighted by molar-refractivity contribution is 1.08. The Labute approximate surface area is 106 Å². The molecule has 18 heavy (non-hydrogen) atoms. The number of aryl methyl sites for hydroxylation is 2. The highest BCUT2D eigenvalue weighted by atomic mass is 16.1. The van der Waals surface area contributed by atoms with E-state index >= 15 is 0 Å². The van der Waals surface area contributed by atoms with Gasteiger partial charge in [0.15, 0.2) is 0 Å². The molecule has 0 spiro atoms. The Hall–Kier alpha value is -2.10. The number of aromatic nitrogens is 2. The van der Waals surface area contributed by atoms with Crippen molar-refractivity contribution in [3.63, 3.8) is 0 Å². The second kappa shape index (κ2) is 4.29. The van der Waals surface area contributed by atoms with Gasteiger partial charge in [-0.25, -0.2) is 4.79 Å². The van der Waals surface area contributed by atoms with Gasteiger partial charge in [0.25, 0.3) is 0 Å². The summed E-state index contributed by atoms with van der Waals surface area (Å²) in [5, 5.41) is 0. The first-order valence-electron chi connectivity index (χ1n) is 5.84. The number of rotatable bonds is 1. The minimum absolute atomic E-state index is 0.242. The molecule has 4 nitrogen and oxygen atoms in total. The Morgan fingerprint density at radius 1 is 1.06 bits per heavy atom. The molecule has 1 heterocycles. The molecule has 3 N–H and O–H groups in total. The molecule has 1 aromatic carbocycles. The third-order valence-corrected chi connectivity index (χ3v) is 3.40. The summed E-state index contributed by atoms with van der Waals surface area (Å²) in [6.45, 7) is 8.22. The monoisotopic (exact) mass is 243 g/mol. The van der Waals surface area contributed by atoms with Crippen molar-refractivity contribution < 1.29 is 0 Å². The summed E-state index contributed by atoms with van der Waals surface area (Å²) in [5.74, 6) is 0.242. The average molecular weight is 243 g/mol. The van der Waals surface area contributed by atoms with Crippen molar-refractivity contribution in [3.8, 4) is 11.3 Å². The van der Waals surface area contributed by atoms with Crippen molar-refractivity contribution in [2.24, 2.45) is 0 Å². The molecule has 94 valence electrons. The lowest BCUT2D eigenvalue weighted by Crippen LogP contribution is -2.14. The van der Waals surface area contributed by atoms with Crippen LogP contribution in [-0.4, -0.2) is 9.97 Å². The van der Waals surface area contributed by atoms with E-state index < -0.39 is 5.69 Å². The van der Waals surface area contributed by atoms with Gasteiger partial charge in [0.05, 0.1) is 5.69 Å². The van der Waals surface area contributed by atoms with Gasteiger partial charge in [-0.1, -0.05) is 6.07 Å². The molecule has 0 aliphatic carbocycles. The van der Waals surface area contributed by atoms with Gasteiger partial charge in [0, 0.05) is 11.6 Å². The van der Waals surface area contributed by atoms with Gasteiger partial charge in [-0.3, -0.25) is 0 Å². The van der Waals surface area contributed by atoms with Crippen molar-refractivity contribution in [3.05, 3.63) is 44.9 Å². The lowest BCUT2D eigenvalue weighted by atomic mass is 9.92. The van der Waals surface area contributed by atoms with Crippen molar-refractivity contribution in [2.75, 3.05) is 5.73 Å². The number of hydrogen-bond donors (Lipinski definition) is 2. The summed E-state index contributed by atoms with van der Waals surface area (Å²) in [4.78, 5) is 17.8. The van der Waals surface area contributed by atoms with Gasteiger partial charge in [0.2, 0.25) is 0 Å². The zero-order valence-electron chi connectivity index (χ0n) is 11.1. The maximum Gasteiger partial charge on any atom is 0.347 e. The summed E-state index contributed by atoms with van der Waals surface area (Å²) in [7, 11) is 0. The summed E-state index contributed by atoms with van der Waals surface area (Å²) in [6, 6.07) is 3.85. The minimum Gasteiger partial charge on any atom is -0.383 e. The van der Waals surface area contributed by atoms with Crippen LogP contribution >= 0.6 is 0 Å². The zero-order chi connectivity index (χ0) is 13.4. The first-order chi connectivity index (χ1) is 8.40. The number of nitrogens with zero attached hydrogens (tertiary/aromatic N) is 1. The van der Waals surface area contributed by atoms with E-state index in [1.807, 2.05) is 13.8 Å². The maximum absolute atomic E-state index is 11.4. The van der Waals surface area contributed by atoms with Gasteiger partial charge >= 0.3 is 5.69 Å². The van der Waals surface area contributed by atoms with Crippen LogP contribution in [-0.2, 0) is 0 Å². The highest BCUT2D eigenvalue weighted by molar-refractivity contribution is 5.71. The molecule has 0 saturated heterocycles. The van der Waals surface area contributed by atoms with E-state index in [0.29, 0.717) is 0 Å². The Balaban J connectivity index is 2.82. The highest BCUT2D eigenvalue weighted by Crippen LogP contribution is 2.30. The molecule has 0 radical (unpaired) electrons. The van der Waals surface area contributed by atoms with Crippen LogP contribution in [0.5, 0.6) is 0 Å². The third kappa shape index (κ3) is 2.01. The fourth-order valence-corrected chi connectivity index (χ4v) is 2.23. The normalized spacial score (nSPS) is 10.7. The van der Waals surface area contributed by atoms with E-state index in [9.17, 15) is 4.79 Å². The first kappa shape index (κ1) is 12.4. The van der Waals surface area contributed by atoms with Gasteiger partial charge in [0.1, 0.15) is 5.82 Å². The van der Waals surface area contributed by atoms with Crippen LogP contribution in [0.2, 0.25) is 0 Å². The van der Waals surface area contributed by atoms with Crippen LogP contribution in [0, 0.1) is 27.7 Å². The quantitative estimate of drug-likeness (QED) is 0.807. The van der Waals surface area contributed by atoms with E-state index in [1.54, 1.807) is 6.07 Å². The number of anilines is 1. The van der Waals surface area contributed by atoms with Crippen LogP contribution in [0.3, 0.4) is 0 Å². The summed E-state index contributed by atoms with van der Waals surface area (Å²) in [6.07, 6.45) is 0. The van der Waals surface area contributed by atoms with Crippen molar-refractivity contribution in [1.29, 1.82) is 0 Å². The van der Waals surface area contributed by atoms with Crippen molar-refractivity contribution in [1.82, 2.24) is 9.97 Å². The Bertz CT molecular complexity index is 645. The lowest BCUT2D eigenvalue weighted by Gasteiger charge is -2.15. The van der Waals surface area contributed by atoms with Crippen LogP contribution in [0.25, 0.3) is 11.3 Å². The number of nitrogens with two attached hydrogens (primary N) is 1. The molecule has 0 fully saturated rings. The number of nitrogens with one attached hydrogen (secondary N) is 1. The predicted molar refractivity (Wildman–Crippen MR) is 73.7 cm³/mol. The summed E-state index contributed by atoms with van der Waals surface area (Å²) in [5.41, 5.74) is 11.7. The molecule has 0 aliphatic heterocycles. The average Bonchev–Trinajstić information content (AvgIpc) is 2.25. The first-order valence-corrected chi connectivity index (χ1v) is 5.84. The van der Waals surface area contributed by atoms with Gasteiger partial charge < -0.3 is 10.7 Å². The molecular weight excluding hydrogens is 226 g/mol. The van der Waals surface area contributed by atoms with Crippen LogP contribution < -0.4 is 11.4 Å². The highest BCUT2D eigenvalue weighted by Gasteiger charge is 2.12. The maximum atomic E-state index is 11.4. The Morgan fingerprint density at radius 3 is 2.11 bits per heavy atom. The predicted octanol–water partition coefficient (Wildman–Crippen LogP) is 2.25. The summed E-state index contributed by atoms with van der Waals surface area (Å²) < 4.78 is 0. The Kier molecular flexibility index (Phi) is 2.95. The minimum atomic E-state index is -0.414. The van der Waals surface area contributed by atoms with E-state index in [4.69, 9.17) is 5.73 Å². The van der Waals surface area contributed by atoms with E-state index in [1.165, 1.54) is 11.1 Å². The second-order valence-electron chi connectivity index (χ2n) is 4.66. The molecule has 0 aliphatic rings. The molecule has 2 aromatic rings. The van der Waals surface area contributed by atoms with Gasteiger partial charge in [-0.05, 0) is 49.9 Å². The molecule has 0 bridgehead atoms. The number of aromatic amines is 1. The SMILES string of the molecule is Cc1cc(C)c(C)c(-c2cc(N)nc(=O)[nH]2)c1C. The fourth-order valence-electron chi connectivity index (χ4n) is 2.23. The standard InChI is InChI=1S/C14H17N3O/c1-7-5-8(2)10(4)13(9(7)3)11-6-12(15)17-14(18)16-11/h5-6H,1-4H3,(H3,15,16,17,18). The van der Waals surface area contributed by atoms with Crippen molar-refractivity contribution >= 4 is 5.82 Å². The zero-order valence-corrected chi connectivity index (χ0v) is 11.1. The molecule has 0 unspecified atom stereocenters. The molecule has 2 rings (SSSR count). The third-order valence-electron chi connectivity index (χ3n) is 3.40. The van der Waals surface area contributed by atoms with E-state index in [-0.39, 0.29) is 5.82 Å². The number of nitrogen functional groups attached to an aromatic ring is 1. The number of hydrogen-bond acceptors (Lipinski definition) is 3. The smallest absolute Gasteiger partial charge is 0.347 e. The second-order valence-corrected chi connectivity index (χ2v) is 4.66. The van der Waals surface area contributed by atoms with Gasteiger partial charge in [-0.15, -0.1) is 0 Å². The van der Waals surface area contributed by atoms with Crippen molar-refractivity contribution in [2.45, 2.75) is 27.7 Å².